The predicted molar refractivity (Wildman–Crippen MR) is 134 cm³/mol. The average molecular weight is 483 g/mol. The average Bonchev–Trinajstić information content (AvgIpc) is 3.20. The first-order chi connectivity index (χ1) is 15.8. The molecule has 0 saturated heterocycles. The van der Waals surface area contributed by atoms with Crippen molar-refractivity contribution in [3.05, 3.63) is 86.2 Å². The van der Waals surface area contributed by atoms with E-state index in [1.165, 1.54) is 10.4 Å². The molecule has 2 aromatic carbocycles. The number of aryl methyl sites for hydroxylation is 1. The van der Waals surface area contributed by atoms with Crippen LogP contribution in [0, 0.1) is 0 Å². The quantitative estimate of drug-likeness (QED) is 0.426. The third kappa shape index (κ3) is 5.23. The maximum absolute atomic E-state index is 13.5. The fourth-order valence-corrected chi connectivity index (χ4v) is 5.73. The summed E-state index contributed by atoms with van der Waals surface area (Å²) in [6.07, 6.45) is 4.18. The summed E-state index contributed by atoms with van der Waals surface area (Å²) in [7, 11) is 2.02. The number of benzene rings is 2. The van der Waals surface area contributed by atoms with Gasteiger partial charge in [0.2, 0.25) is 0 Å². The molecule has 172 valence electrons. The van der Waals surface area contributed by atoms with Gasteiger partial charge in [-0.1, -0.05) is 35.9 Å². The molecule has 0 saturated carbocycles. The summed E-state index contributed by atoms with van der Waals surface area (Å²) in [4.78, 5) is 28.1. The Morgan fingerprint density at radius 2 is 1.76 bits per heavy atom. The van der Waals surface area contributed by atoms with Crippen molar-refractivity contribution in [2.45, 2.75) is 45.2 Å². The molecule has 5 nitrogen and oxygen atoms in total. The van der Waals surface area contributed by atoms with Crippen LogP contribution in [0.25, 0.3) is 0 Å². The van der Waals surface area contributed by atoms with E-state index in [0.717, 1.165) is 47.4 Å². The Morgan fingerprint density at radius 3 is 2.42 bits per heavy atom. The summed E-state index contributed by atoms with van der Waals surface area (Å²) in [5.41, 5.74) is 4.19. The van der Waals surface area contributed by atoms with Gasteiger partial charge in [0.15, 0.2) is 0 Å². The van der Waals surface area contributed by atoms with Gasteiger partial charge in [0.05, 0.1) is 17.2 Å². The van der Waals surface area contributed by atoms with Gasteiger partial charge in [0.1, 0.15) is 5.00 Å². The van der Waals surface area contributed by atoms with E-state index in [9.17, 15) is 9.59 Å². The molecule has 7 heteroatoms. The van der Waals surface area contributed by atoms with Crippen molar-refractivity contribution in [2.24, 2.45) is 0 Å². The predicted octanol–water partition coefficient (Wildman–Crippen LogP) is 6.11. The largest absolute Gasteiger partial charge is 0.478 e. The number of carboxylic acid groups (broad SMARTS) is 1. The number of amides is 1. The zero-order valence-corrected chi connectivity index (χ0v) is 20.3. The van der Waals surface area contributed by atoms with E-state index < -0.39 is 5.97 Å². The number of carbonyl (C=O) groups is 2. The zero-order valence-electron chi connectivity index (χ0n) is 18.7. The van der Waals surface area contributed by atoms with E-state index in [1.807, 2.05) is 38.2 Å². The monoisotopic (exact) mass is 482 g/mol. The number of nitrogens with zero attached hydrogens (tertiary/aromatic N) is 1. The minimum Gasteiger partial charge on any atom is -0.478 e. The summed E-state index contributed by atoms with van der Waals surface area (Å²) in [6, 6.07) is 14.2. The van der Waals surface area contributed by atoms with E-state index in [2.05, 4.69) is 10.2 Å². The van der Waals surface area contributed by atoms with Crippen molar-refractivity contribution >= 4 is 39.8 Å². The lowest BCUT2D eigenvalue weighted by Gasteiger charge is -2.21. The smallest absolute Gasteiger partial charge is 0.335 e. The second-order valence-corrected chi connectivity index (χ2v) is 10.0. The van der Waals surface area contributed by atoms with Crippen LogP contribution in [0.2, 0.25) is 5.02 Å². The number of carboxylic acids is 1. The maximum atomic E-state index is 13.5. The number of anilines is 1. The molecule has 1 aliphatic rings. The Labute approximate surface area is 203 Å². The second kappa shape index (κ2) is 9.98. The van der Waals surface area contributed by atoms with Crippen molar-refractivity contribution in [1.29, 1.82) is 0 Å². The lowest BCUT2D eigenvalue weighted by Crippen LogP contribution is -2.29. The number of fused-ring (bicyclic) bond motifs is 1. The van der Waals surface area contributed by atoms with Crippen LogP contribution in [0.3, 0.4) is 0 Å². The number of carbonyl (C=O) groups excluding carboxylic acids is 1. The second-order valence-electron chi connectivity index (χ2n) is 8.50. The molecule has 0 bridgehead atoms. The van der Waals surface area contributed by atoms with Crippen molar-refractivity contribution in [3.63, 3.8) is 0 Å². The third-order valence-corrected chi connectivity index (χ3v) is 7.72. The minimum atomic E-state index is -0.962. The van der Waals surface area contributed by atoms with Crippen molar-refractivity contribution in [1.82, 2.24) is 5.32 Å². The first-order valence-corrected chi connectivity index (χ1v) is 12.3. The third-order valence-electron chi connectivity index (χ3n) is 6.06. The van der Waals surface area contributed by atoms with Crippen LogP contribution in [0.5, 0.6) is 0 Å². The number of thiophene rings is 1. The Morgan fingerprint density at radius 1 is 1.09 bits per heavy atom. The van der Waals surface area contributed by atoms with Gasteiger partial charge in [0.25, 0.3) is 5.91 Å². The number of hydrogen-bond acceptors (Lipinski definition) is 4. The summed E-state index contributed by atoms with van der Waals surface area (Å²) >= 11 is 7.75. The molecule has 2 N–H and O–H groups in total. The molecule has 1 amide bonds. The number of rotatable bonds is 7. The van der Waals surface area contributed by atoms with E-state index >= 15 is 0 Å². The highest BCUT2D eigenvalue weighted by molar-refractivity contribution is 7.16. The fourth-order valence-electron chi connectivity index (χ4n) is 4.26. The first-order valence-electron chi connectivity index (χ1n) is 11.1. The summed E-state index contributed by atoms with van der Waals surface area (Å²) < 4.78 is 0. The molecular weight excluding hydrogens is 456 g/mol. The highest BCUT2D eigenvalue weighted by atomic mass is 35.5. The van der Waals surface area contributed by atoms with Crippen LogP contribution in [0.15, 0.2) is 48.5 Å². The van der Waals surface area contributed by atoms with Crippen LogP contribution in [0.1, 0.15) is 68.1 Å². The topological polar surface area (TPSA) is 69.6 Å². The van der Waals surface area contributed by atoms with Gasteiger partial charge in [-0.3, -0.25) is 4.79 Å². The summed E-state index contributed by atoms with van der Waals surface area (Å²) in [5.74, 6) is -1.04. The molecule has 0 aliphatic heterocycles. The standard InChI is InChI=1S/C26H27ClN2O3S/c1-16(18-9-11-19(12-10-18)26(31)32)28-24(30)23-21-5-3-4-6-22(21)33-25(23)29(2)15-17-7-13-20(27)14-8-17/h7-14,16H,3-6,15H2,1-2H3,(H,28,30)(H,31,32)/t16-/m0/s1. The lowest BCUT2D eigenvalue weighted by molar-refractivity contribution is 0.0696. The number of aromatic carboxylic acids is 1. The van der Waals surface area contributed by atoms with E-state index in [0.29, 0.717) is 11.6 Å². The fraction of sp³-hybridized carbons (Fsp3) is 0.308. The number of hydrogen-bond donors (Lipinski definition) is 2. The molecule has 4 rings (SSSR count). The lowest BCUT2D eigenvalue weighted by atomic mass is 9.94. The van der Waals surface area contributed by atoms with Gasteiger partial charge in [-0.05, 0) is 73.6 Å². The van der Waals surface area contributed by atoms with Crippen LogP contribution < -0.4 is 10.2 Å². The summed E-state index contributed by atoms with van der Waals surface area (Å²) in [5, 5.41) is 14.0. The Kier molecular flexibility index (Phi) is 7.05. The SMILES string of the molecule is C[C@H](NC(=O)c1c(N(C)Cc2ccc(Cl)cc2)sc2c1CCCC2)c1ccc(C(=O)O)cc1. The van der Waals surface area contributed by atoms with Gasteiger partial charge in [-0.2, -0.15) is 0 Å². The molecule has 1 heterocycles. The molecule has 33 heavy (non-hydrogen) atoms. The Bertz CT molecular complexity index is 1160. The molecule has 0 fully saturated rings. The van der Waals surface area contributed by atoms with Gasteiger partial charge in [0, 0.05) is 23.5 Å². The molecule has 1 aromatic heterocycles. The highest BCUT2D eigenvalue weighted by Crippen LogP contribution is 2.40. The Hall–Kier alpha value is -2.83. The normalized spacial score (nSPS) is 13.8. The van der Waals surface area contributed by atoms with Crippen molar-refractivity contribution in [2.75, 3.05) is 11.9 Å². The molecular formula is C26H27ClN2O3S. The Balaban J connectivity index is 1.58. The maximum Gasteiger partial charge on any atom is 0.335 e. The minimum absolute atomic E-state index is 0.0813. The molecule has 1 aliphatic carbocycles. The van der Waals surface area contributed by atoms with Crippen molar-refractivity contribution < 1.29 is 14.7 Å². The van der Waals surface area contributed by atoms with Crippen molar-refractivity contribution in [3.8, 4) is 0 Å². The number of halogens is 1. The molecule has 1 atom stereocenters. The molecule has 0 radical (unpaired) electrons. The van der Waals surface area contributed by atoms with Gasteiger partial charge in [-0.15, -0.1) is 11.3 Å². The van der Waals surface area contributed by atoms with Crippen LogP contribution in [-0.4, -0.2) is 24.0 Å². The van der Waals surface area contributed by atoms with E-state index in [4.69, 9.17) is 16.7 Å². The van der Waals surface area contributed by atoms with Gasteiger partial charge >= 0.3 is 5.97 Å². The van der Waals surface area contributed by atoms with Crippen LogP contribution >= 0.6 is 22.9 Å². The van der Waals surface area contributed by atoms with Gasteiger partial charge < -0.3 is 15.3 Å². The summed E-state index contributed by atoms with van der Waals surface area (Å²) in [6.45, 7) is 2.60. The van der Waals surface area contributed by atoms with Crippen LogP contribution in [-0.2, 0) is 19.4 Å². The number of nitrogens with one attached hydrogen (secondary N) is 1. The highest BCUT2D eigenvalue weighted by Gasteiger charge is 2.28. The molecule has 0 unspecified atom stereocenters. The molecule has 0 spiro atoms. The van der Waals surface area contributed by atoms with Gasteiger partial charge in [-0.25, -0.2) is 4.79 Å². The zero-order chi connectivity index (χ0) is 23.5. The van der Waals surface area contributed by atoms with E-state index in [1.54, 1.807) is 35.6 Å². The molecule has 3 aromatic rings. The van der Waals surface area contributed by atoms with E-state index in [-0.39, 0.29) is 17.5 Å². The van der Waals surface area contributed by atoms with Crippen LogP contribution in [0.4, 0.5) is 5.00 Å². The first kappa shape index (κ1) is 23.3.